The number of aryl methyl sites for hydroxylation is 2. The first-order valence-corrected chi connectivity index (χ1v) is 4.30. The van der Waals surface area contributed by atoms with Gasteiger partial charge in [-0.05, 0) is 19.9 Å². The average molecular weight is 186 g/mol. The maximum absolute atomic E-state index is 9.79. The molecule has 0 bridgehead atoms. The van der Waals surface area contributed by atoms with Crippen molar-refractivity contribution in [2.45, 2.75) is 13.8 Å². The molecule has 0 aliphatic heterocycles. The Kier molecular flexibility index (Phi) is 3.10. The summed E-state index contributed by atoms with van der Waals surface area (Å²) in [5.74, 6) is 0.791. The molecular formula is C8H10O3S. The van der Waals surface area contributed by atoms with Gasteiger partial charge in [-0.15, -0.1) is 11.3 Å². The molecule has 1 aromatic rings. The molecule has 0 N–H and O–H groups in total. The van der Waals surface area contributed by atoms with Gasteiger partial charge in [0.05, 0.1) is 0 Å². The third kappa shape index (κ3) is 2.23. The molecule has 0 spiro atoms. The topological polar surface area (TPSA) is 35.5 Å². The molecule has 0 aliphatic carbocycles. The molecule has 4 heteroatoms. The third-order valence-electron chi connectivity index (χ3n) is 1.35. The van der Waals surface area contributed by atoms with E-state index < -0.39 is 0 Å². The normalized spacial score (nSPS) is 9.50. The number of carbonyl (C=O) groups excluding carboxylic acids is 1. The van der Waals surface area contributed by atoms with E-state index in [0.29, 0.717) is 6.47 Å². The van der Waals surface area contributed by atoms with Crippen LogP contribution in [0, 0.1) is 13.8 Å². The smallest absolute Gasteiger partial charge is 0.295 e. The fraction of sp³-hybridized carbons (Fsp3) is 0.375. The second-order valence-corrected chi connectivity index (χ2v) is 3.76. The highest BCUT2D eigenvalue weighted by Gasteiger charge is 2.02. The Hall–Kier alpha value is -1.03. The molecule has 0 aromatic carbocycles. The predicted molar refractivity (Wildman–Crippen MR) is 46.4 cm³/mol. The first-order chi connectivity index (χ1) is 5.74. The molecule has 0 amide bonds. The van der Waals surface area contributed by atoms with Gasteiger partial charge >= 0.3 is 0 Å². The molecule has 12 heavy (non-hydrogen) atoms. The van der Waals surface area contributed by atoms with Crippen LogP contribution in [0.3, 0.4) is 0 Å². The van der Waals surface area contributed by atoms with Crippen LogP contribution >= 0.6 is 11.3 Å². The zero-order valence-electron chi connectivity index (χ0n) is 6.99. The molecule has 1 heterocycles. The Morgan fingerprint density at radius 1 is 1.58 bits per heavy atom. The molecule has 0 fully saturated rings. The summed E-state index contributed by atoms with van der Waals surface area (Å²) in [6.07, 6.45) is 0. The van der Waals surface area contributed by atoms with Gasteiger partial charge in [0.25, 0.3) is 6.47 Å². The molecule has 0 saturated carbocycles. The Bertz CT molecular complexity index is 267. The first kappa shape index (κ1) is 9.06. The molecule has 66 valence electrons. The van der Waals surface area contributed by atoms with Crippen LogP contribution in [0.5, 0.6) is 5.75 Å². The highest BCUT2D eigenvalue weighted by molar-refractivity contribution is 7.12. The van der Waals surface area contributed by atoms with Crippen molar-refractivity contribution >= 4 is 17.8 Å². The van der Waals surface area contributed by atoms with Crippen molar-refractivity contribution in [1.29, 1.82) is 0 Å². The number of rotatable bonds is 4. The lowest BCUT2D eigenvalue weighted by molar-refractivity contribution is -0.134. The summed E-state index contributed by atoms with van der Waals surface area (Å²) in [5, 5.41) is 0. The van der Waals surface area contributed by atoms with Crippen molar-refractivity contribution in [2.75, 3.05) is 6.79 Å². The summed E-state index contributed by atoms with van der Waals surface area (Å²) < 4.78 is 9.56. The van der Waals surface area contributed by atoms with Crippen molar-refractivity contribution in [3.8, 4) is 5.75 Å². The van der Waals surface area contributed by atoms with Gasteiger partial charge in [-0.25, -0.2) is 0 Å². The maximum atomic E-state index is 9.79. The number of hydrogen-bond acceptors (Lipinski definition) is 4. The van der Waals surface area contributed by atoms with E-state index in [0.717, 1.165) is 10.6 Å². The van der Waals surface area contributed by atoms with Gasteiger partial charge in [0.15, 0.2) is 0 Å². The van der Waals surface area contributed by atoms with E-state index in [-0.39, 0.29) is 6.79 Å². The molecule has 0 aliphatic rings. The first-order valence-electron chi connectivity index (χ1n) is 3.49. The van der Waals surface area contributed by atoms with Crippen LogP contribution in [0.15, 0.2) is 6.07 Å². The van der Waals surface area contributed by atoms with Crippen LogP contribution in [0.4, 0.5) is 0 Å². The minimum absolute atomic E-state index is 0.0134. The molecular weight excluding hydrogens is 176 g/mol. The number of thiophene rings is 1. The highest BCUT2D eigenvalue weighted by Crippen LogP contribution is 2.27. The summed E-state index contributed by atoms with van der Waals surface area (Å²) in [6, 6.07) is 1.92. The zero-order valence-corrected chi connectivity index (χ0v) is 7.81. The van der Waals surface area contributed by atoms with Crippen molar-refractivity contribution in [1.82, 2.24) is 0 Å². The molecule has 3 nitrogen and oxygen atoms in total. The van der Waals surface area contributed by atoms with Gasteiger partial charge in [-0.2, -0.15) is 0 Å². The minimum Gasteiger partial charge on any atom is -0.456 e. The van der Waals surface area contributed by atoms with Crippen molar-refractivity contribution in [3.05, 3.63) is 15.8 Å². The molecule has 1 rings (SSSR count). The monoisotopic (exact) mass is 186 g/mol. The minimum atomic E-state index is -0.0134. The second kappa shape index (κ2) is 4.11. The lowest BCUT2D eigenvalue weighted by Gasteiger charge is -2.01. The summed E-state index contributed by atoms with van der Waals surface area (Å²) in [6.45, 7) is 4.33. The summed E-state index contributed by atoms with van der Waals surface area (Å²) in [5.41, 5.74) is 0. The van der Waals surface area contributed by atoms with Gasteiger partial charge < -0.3 is 9.47 Å². The molecule has 0 radical (unpaired) electrons. The van der Waals surface area contributed by atoms with Crippen LogP contribution < -0.4 is 4.74 Å². The SMILES string of the molecule is Cc1cc(OCOC=O)c(C)s1. The lowest BCUT2D eigenvalue weighted by atomic mass is 10.4. The van der Waals surface area contributed by atoms with Crippen molar-refractivity contribution < 1.29 is 14.3 Å². The van der Waals surface area contributed by atoms with Gasteiger partial charge in [0, 0.05) is 9.75 Å². The standard InChI is InChI=1S/C8H10O3S/c1-6-3-8(7(2)12-6)11-5-10-4-9/h3-4H,5H2,1-2H3. The van der Waals surface area contributed by atoms with E-state index in [1.54, 1.807) is 11.3 Å². The van der Waals surface area contributed by atoms with Gasteiger partial charge in [0.2, 0.25) is 6.79 Å². The van der Waals surface area contributed by atoms with Crippen LogP contribution in [0.2, 0.25) is 0 Å². The number of hydrogen-bond donors (Lipinski definition) is 0. The molecule has 0 unspecified atom stereocenters. The van der Waals surface area contributed by atoms with E-state index in [1.165, 1.54) is 4.88 Å². The highest BCUT2D eigenvalue weighted by atomic mass is 32.1. The van der Waals surface area contributed by atoms with Gasteiger partial charge in [-0.1, -0.05) is 0 Å². The Labute approximate surface area is 74.9 Å². The Morgan fingerprint density at radius 2 is 2.33 bits per heavy atom. The fourth-order valence-corrected chi connectivity index (χ4v) is 1.74. The zero-order chi connectivity index (χ0) is 8.97. The quantitative estimate of drug-likeness (QED) is 0.409. The number of carbonyl (C=O) groups is 1. The molecule has 1 aromatic heterocycles. The Balaban J connectivity index is 2.50. The van der Waals surface area contributed by atoms with Crippen LogP contribution in [0.25, 0.3) is 0 Å². The van der Waals surface area contributed by atoms with Crippen molar-refractivity contribution in [2.24, 2.45) is 0 Å². The van der Waals surface area contributed by atoms with E-state index >= 15 is 0 Å². The maximum Gasteiger partial charge on any atom is 0.295 e. The van der Waals surface area contributed by atoms with Crippen LogP contribution in [0.1, 0.15) is 9.75 Å². The Morgan fingerprint density at radius 3 is 2.83 bits per heavy atom. The fourth-order valence-electron chi connectivity index (χ4n) is 0.876. The molecule has 0 atom stereocenters. The number of ether oxygens (including phenoxy) is 2. The lowest BCUT2D eigenvalue weighted by Crippen LogP contribution is -2.00. The summed E-state index contributed by atoms with van der Waals surface area (Å²) in [7, 11) is 0. The van der Waals surface area contributed by atoms with E-state index in [1.807, 2.05) is 19.9 Å². The summed E-state index contributed by atoms with van der Waals surface area (Å²) in [4.78, 5) is 12.1. The second-order valence-electron chi connectivity index (χ2n) is 2.30. The largest absolute Gasteiger partial charge is 0.456 e. The van der Waals surface area contributed by atoms with E-state index in [4.69, 9.17) is 4.74 Å². The van der Waals surface area contributed by atoms with Gasteiger partial charge in [0.1, 0.15) is 5.75 Å². The molecule has 0 saturated heterocycles. The average Bonchev–Trinajstić information content (AvgIpc) is 2.31. The van der Waals surface area contributed by atoms with Crippen LogP contribution in [-0.2, 0) is 9.53 Å². The van der Waals surface area contributed by atoms with Gasteiger partial charge in [-0.3, -0.25) is 4.79 Å². The third-order valence-corrected chi connectivity index (χ3v) is 2.29. The predicted octanol–water partition coefficient (Wildman–Crippen LogP) is 1.87. The van der Waals surface area contributed by atoms with E-state index in [2.05, 4.69) is 4.74 Å². The van der Waals surface area contributed by atoms with Crippen LogP contribution in [-0.4, -0.2) is 13.3 Å². The summed E-state index contributed by atoms with van der Waals surface area (Å²) >= 11 is 1.66. The van der Waals surface area contributed by atoms with Crippen molar-refractivity contribution in [3.63, 3.8) is 0 Å². The van der Waals surface area contributed by atoms with E-state index in [9.17, 15) is 4.79 Å².